The van der Waals surface area contributed by atoms with Crippen molar-refractivity contribution in [1.29, 1.82) is 0 Å². The second kappa shape index (κ2) is 5.59. The van der Waals surface area contributed by atoms with Gasteiger partial charge in [-0.3, -0.25) is 0 Å². The molecule has 0 saturated carbocycles. The van der Waals surface area contributed by atoms with Crippen LogP contribution in [0.25, 0.3) is 0 Å². The zero-order valence-corrected chi connectivity index (χ0v) is 11.4. The zero-order chi connectivity index (χ0) is 14.8. The first kappa shape index (κ1) is 14.5. The Bertz CT molecular complexity index is 592. The maximum absolute atomic E-state index is 13.2. The number of hydrogen-bond acceptors (Lipinski definition) is 2. The highest BCUT2D eigenvalue weighted by molar-refractivity contribution is 5.32. The molecule has 106 valence electrons. The summed E-state index contributed by atoms with van der Waals surface area (Å²) < 4.78 is 31.1. The van der Waals surface area contributed by atoms with Crippen LogP contribution in [0.1, 0.15) is 18.1 Å². The average molecular weight is 278 g/mol. The van der Waals surface area contributed by atoms with E-state index in [1.807, 2.05) is 0 Å². The monoisotopic (exact) mass is 278 g/mol. The summed E-state index contributed by atoms with van der Waals surface area (Å²) in [6.07, 6.45) is 0.191. The van der Waals surface area contributed by atoms with Gasteiger partial charge in [-0.25, -0.2) is 8.78 Å². The van der Waals surface area contributed by atoms with E-state index in [2.05, 4.69) is 0 Å². The van der Waals surface area contributed by atoms with E-state index in [0.29, 0.717) is 16.9 Å². The molecular formula is C16H16F2O2. The summed E-state index contributed by atoms with van der Waals surface area (Å²) in [7, 11) is 1.56. The van der Waals surface area contributed by atoms with Crippen molar-refractivity contribution >= 4 is 0 Å². The quantitative estimate of drug-likeness (QED) is 0.928. The molecule has 2 nitrogen and oxygen atoms in total. The lowest BCUT2D eigenvalue weighted by Crippen LogP contribution is -2.24. The van der Waals surface area contributed by atoms with Crippen LogP contribution in [0.3, 0.4) is 0 Å². The molecule has 0 amide bonds. The number of hydrogen-bond donors (Lipinski definition) is 1. The highest BCUT2D eigenvalue weighted by Crippen LogP contribution is 2.27. The van der Waals surface area contributed by atoms with E-state index in [4.69, 9.17) is 4.74 Å². The van der Waals surface area contributed by atoms with Crippen molar-refractivity contribution in [2.45, 2.75) is 18.9 Å². The van der Waals surface area contributed by atoms with Crippen LogP contribution < -0.4 is 4.74 Å². The van der Waals surface area contributed by atoms with Gasteiger partial charge >= 0.3 is 0 Å². The van der Waals surface area contributed by atoms with Gasteiger partial charge in [0.05, 0.1) is 12.7 Å². The third kappa shape index (κ3) is 3.14. The van der Waals surface area contributed by atoms with E-state index >= 15 is 0 Å². The average Bonchev–Trinajstić information content (AvgIpc) is 2.43. The predicted octanol–water partition coefficient (Wildman–Crippen LogP) is 3.42. The number of halogens is 2. The molecule has 2 rings (SSSR count). The Morgan fingerprint density at radius 1 is 1.05 bits per heavy atom. The fraction of sp³-hybridized carbons (Fsp3) is 0.250. The molecule has 1 atom stereocenters. The van der Waals surface area contributed by atoms with Gasteiger partial charge in [0.1, 0.15) is 5.75 Å². The Hall–Kier alpha value is -1.94. The maximum Gasteiger partial charge on any atom is 0.159 e. The second-order valence-corrected chi connectivity index (χ2v) is 4.93. The lowest BCUT2D eigenvalue weighted by atomic mass is 9.89. The van der Waals surface area contributed by atoms with Gasteiger partial charge in [0.2, 0.25) is 0 Å². The topological polar surface area (TPSA) is 29.5 Å². The maximum atomic E-state index is 13.2. The molecule has 2 aromatic carbocycles. The molecule has 0 spiro atoms. The Morgan fingerprint density at radius 2 is 1.70 bits per heavy atom. The standard InChI is InChI=1S/C16H16F2O2/c1-16(19,12-4-6-13(20-2)7-5-12)10-11-3-8-14(17)15(18)9-11/h3-9,19H,10H2,1-2H3. The van der Waals surface area contributed by atoms with Gasteiger partial charge in [-0.2, -0.15) is 0 Å². The first-order chi connectivity index (χ1) is 9.42. The van der Waals surface area contributed by atoms with E-state index in [0.717, 1.165) is 12.1 Å². The van der Waals surface area contributed by atoms with Crippen molar-refractivity contribution in [3.63, 3.8) is 0 Å². The molecule has 0 aromatic heterocycles. The Labute approximate surface area is 116 Å². The predicted molar refractivity (Wildman–Crippen MR) is 72.6 cm³/mol. The molecule has 1 N–H and O–H groups in total. The summed E-state index contributed by atoms with van der Waals surface area (Å²) in [6, 6.07) is 10.6. The number of methoxy groups -OCH3 is 1. The molecule has 1 unspecified atom stereocenters. The Balaban J connectivity index is 2.22. The summed E-state index contributed by atoms with van der Waals surface area (Å²) in [5.74, 6) is -1.11. The molecule has 0 aliphatic rings. The van der Waals surface area contributed by atoms with Gasteiger partial charge in [-0.15, -0.1) is 0 Å². The molecule has 0 bridgehead atoms. The third-order valence-corrected chi connectivity index (χ3v) is 3.24. The third-order valence-electron chi connectivity index (χ3n) is 3.24. The van der Waals surface area contributed by atoms with Crippen molar-refractivity contribution in [3.05, 3.63) is 65.2 Å². The van der Waals surface area contributed by atoms with Crippen molar-refractivity contribution in [2.24, 2.45) is 0 Å². The molecule has 0 radical (unpaired) electrons. The minimum Gasteiger partial charge on any atom is -0.497 e. The van der Waals surface area contributed by atoms with Crippen molar-refractivity contribution in [1.82, 2.24) is 0 Å². The van der Waals surface area contributed by atoms with E-state index in [1.165, 1.54) is 6.07 Å². The van der Waals surface area contributed by atoms with Crippen LogP contribution in [0.2, 0.25) is 0 Å². The van der Waals surface area contributed by atoms with Crippen LogP contribution in [-0.2, 0) is 12.0 Å². The summed E-state index contributed by atoms with van der Waals surface area (Å²) >= 11 is 0. The van der Waals surface area contributed by atoms with Gasteiger partial charge < -0.3 is 9.84 Å². The lowest BCUT2D eigenvalue weighted by Gasteiger charge is -2.24. The normalized spacial score (nSPS) is 13.8. The fourth-order valence-electron chi connectivity index (χ4n) is 2.10. The molecule has 0 aliphatic carbocycles. The largest absolute Gasteiger partial charge is 0.497 e. The number of ether oxygens (including phenoxy) is 1. The molecule has 4 heteroatoms. The first-order valence-corrected chi connectivity index (χ1v) is 6.23. The van der Waals surface area contributed by atoms with Gasteiger partial charge in [0, 0.05) is 6.42 Å². The highest BCUT2D eigenvalue weighted by Gasteiger charge is 2.24. The number of rotatable bonds is 4. The smallest absolute Gasteiger partial charge is 0.159 e. The van der Waals surface area contributed by atoms with Gasteiger partial charge in [-0.05, 0) is 42.3 Å². The van der Waals surface area contributed by atoms with Gasteiger partial charge in [-0.1, -0.05) is 18.2 Å². The molecule has 0 heterocycles. The van der Waals surface area contributed by atoms with Gasteiger partial charge in [0.15, 0.2) is 11.6 Å². The summed E-state index contributed by atoms with van der Waals surface area (Å²) in [4.78, 5) is 0. The minimum atomic E-state index is -1.17. The van der Waals surface area contributed by atoms with E-state index in [1.54, 1.807) is 38.3 Å². The molecule has 0 aliphatic heterocycles. The number of benzene rings is 2. The Morgan fingerprint density at radius 3 is 2.25 bits per heavy atom. The molecule has 20 heavy (non-hydrogen) atoms. The van der Waals surface area contributed by atoms with Crippen molar-refractivity contribution in [3.8, 4) is 5.75 Å². The lowest BCUT2D eigenvalue weighted by molar-refractivity contribution is 0.0575. The van der Waals surface area contributed by atoms with E-state index < -0.39 is 17.2 Å². The number of aliphatic hydroxyl groups is 1. The van der Waals surface area contributed by atoms with Gasteiger partial charge in [0.25, 0.3) is 0 Å². The molecular weight excluding hydrogens is 262 g/mol. The Kier molecular flexibility index (Phi) is 4.04. The summed E-state index contributed by atoms with van der Waals surface area (Å²) in [6.45, 7) is 1.63. The minimum absolute atomic E-state index is 0.191. The summed E-state index contributed by atoms with van der Waals surface area (Å²) in [5, 5.41) is 10.5. The van der Waals surface area contributed by atoms with Crippen LogP contribution in [-0.4, -0.2) is 12.2 Å². The fourth-order valence-corrected chi connectivity index (χ4v) is 2.10. The molecule has 0 fully saturated rings. The van der Waals surface area contributed by atoms with E-state index in [-0.39, 0.29) is 6.42 Å². The van der Waals surface area contributed by atoms with E-state index in [9.17, 15) is 13.9 Å². The van der Waals surface area contributed by atoms with Crippen LogP contribution in [0.15, 0.2) is 42.5 Å². The second-order valence-electron chi connectivity index (χ2n) is 4.93. The molecule has 0 saturated heterocycles. The van der Waals surface area contributed by atoms with Crippen LogP contribution >= 0.6 is 0 Å². The van der Waals surface area contributed by atoms with Crippen molar-refractivity contribution < 1.29 is 18.6 Å². The zero-order valence-electron chi connectivity index (χ0n) is 11.4. The van der Waals surface area contributed by atoms with Crippen LogP contribution in [0.4, 0.5) is 8.78 Å². The molecule has 2 aromatic rings. The first-order valence-electron chi connectivity index (χ1n) is 6.23. The highest BCUT2D eigenvalue weighted by atomic mass is 19.2. The van der Waals surface area contributed by atoms with Crippen molar-refractivity contribution in [2.75, 3.05) is 7.11 Å². The SMILES string of the molecule is COc1ccc(C(C)(O)Cc2ccc(F)c(F)c2)cc1. The summed E-state index contributed by atoms with van der Waals surface area (Å²) in [5.41, 5.74) is 0.0454. The van der Waals surface area contributed by atoms with Crippen LogP contribution in [0, 0.1) is 11.6 Å². The van der Waals surface area contributed by atoms with Crippen LogP contribution in [0.5, 0.6) is 5.75 Å².